The second kappa shape index (κ2) is 12.4. The summed E-state index contributed by atoms with van der Waals surface area (Å²) >= 11 is 12.9. The molecule has 0 fully saturated rings. The van der Waals surface area contributed by atoms with Crippen LogP contribution in [0.3, 0.4) is 0 Å². The molecule has 5 heteroatoms. The third-order valence-corrected chi connectivity index (χ3v) is 5.73. The highest BCUT2D eigenvalue weighted by Gasteiger charge is 2.26. The largest absolute Gasteiger partial charge is 0.500 e. The van der Waals surface area contributed by atoms with Gasteiger partial charge in [0.25, 0.3) is 0 Å². The SMILES string of the molecule is C=C(/C(COC(CCC)C(CC)C(C)=O)=C(\OC)C(C)C)c1c(Cl)cccc1Cl. The van der Waals surface area contributed by atoms with Crippen molar-refractivity contribution in [2.45, 2.75) is 60.0 Å². The average molecular weight is 441 g/mol. The van der Waals surface area contributed by atoms with Crippen molar-refractivity contribution >= 4 is 34.6 Å². The molecule has 0 amide bonds. The fourth-order valence-corrected chi connectivity index (χ4v) is 4.26. The number of ketones is 1. The summed E-state index contributed by atoms with van der Waals surface area (Å²) in [6.45, 7) is 14.4. The Morgan fingerprint density at radius 2 is 1.76 bits per heavy atom. The van der Waals surface area contributed by atoms with Crippen molar-refractivity contribution in [1.82, 2.24) is 0 Å². The van der Waals surface area contributed by atoms with E-state index in [1.165, 1.54) is 0 Å². The predicted molar refractivity (Wildman–Crippen MR) is 123 cm³/mol. The van der Waals surface area contributed by atoms with Gasteiger partial charge in [-0.15, -0.1) is 0 Å². The van der Waals surface area contributed by atoms with Gasteiger partial charge in [0, 0.05) is 33.0 Å². The monoisotopic (exact) mass is 440 g/mol. The first-order valence-electron chi connectivity index (χ1n) is 10.2. The molecule has 0 aromatic heterocycles. The molecule has 29 heavy (non-hydrogen) atoms. The van der Waals surface area contributed by atoms with Gasteiger partial charge in [0.1, 0.15) is 11.5 Å². The summed E-state index contributed by atoms with van der Waals surface area (Å²) in [6.07, 6.45) is 2.34. The van der Waals surface area contributed by atoms with E-state index in [1.807, 2.05) is 20.8 Å². The molecule has 0 bridgehead atoms. The molecule has 0 aliphatic heterocycles. The number of hydrogen-bond donors (Lipinski definition) is 0. The van der Waals surface area contributed by atoms with Gasteiger partial charge in [0.2, 0.25) is 0 Å². The lowest BCUT2D eigenvalue weighted by Gasteiger charge is -2.27. The Balaban J connectivity index is 3.34. The first-order valence-corrected chi connectivity index (χ1v) is 11.0. The third kappa shape index (κ3) is 6.87. The number of methoxy groups -OCH3 is 1. The maximum atomic E-state index is 12.1. The first-order chi connectivity index (χ1) is 13.7. The molecule has 1 aromatic carbocycles. The highest BCUT2D eigenvalue weighted by atomic mass is 35.5. The van der Waals surface area contributed by atoms with Crippen LogP contribution in [0.5, 0.6) is 0 Å². The fourth-order valence-electron chi connectivity index (χ4n) is 3.64. The van der Waals surface area contributed by atoms with Crippen molar-refractivity contribution in [1.29, 1.82) is 0 Å². The minimum atomic E-state index is -0.155. The molecule has 0 radical (unpaired) electrons. The standard InChI is InChI=1S/C24H34Cl2O3/c1-8-11-22(18(9-2)17(6)27)29-14-19(24(28-7)15(3)4)16(5)23-20(25)12-10-13-21(23)26/h10,12-13,15,18,22H,5,8-9,11,14H2,1-4,6-7H3/b24-19-. The number of rotatable bonds is 12. The van der Waals surface area contributed by atoms with Gasteiger partial charge in [-0.3, -0.25) is 4.79 Å². The van der Waals surface area contributed by atoms with Crippen LogP contribution < -0.4 is 0 Å². The number of Topliss-reactive ketones (excluding diaryl/α,β-unsaturated/α-hetero) is 1. The van der Waals surface area contributed by atoms with Crippen LogP contribution in [0, 0.1) is 11.8 Å². The summed E-state index contributed by atoms with van der Waals surface area (Å²) < 4.78 is 12.0. The number of carbonyl (C=O) groups excluding carboxylic acids is 1. The highest BCUT2D eigenvalue weighted by Crippen LogP contribution is 2.37. The fraction of sp³-hybridized carbons (Fsp3) is 0.542. The van der Waals surface area contributed by atoms with Gasteiger partial charge in [-0.2, -0.15) is 0 Å². The van der Waals surface area contributed by atoms with Crippen LogP contribution in [0.1, 0.15) is 59.4 Å². The van der Waals surface area contributed by atoms with Crippen molar-refractivity contribution in [2.75, 3.05) is 13.7 Å². The summed E-state index contributed by atoms with van der Waals surface area (Å²) in [5, 5.41) is 1.05. The quantitative estimate of drug-likeness (QED) is 0.251. The Hall–Kier alpha value is -1.29. The molecule has 3 nitrogen and oxygen atoms in total. The van der Waals surface area contributed by atoms with Crippen LogP contribution >= 0.6 is 23.2 Å². The molecule has 0 spiro atoms. The van der Waals surface area contributed by atoms with Gasteiger partial charge in [0.15, 0.2) is 0 Å². The number of hydrogen-bond acceptors (Lipinski definition) is 3. The maximum absolute atomic E-state index is 12.1. The second-order valence-electron chi connectivity index (χ2n) is 7.54. The van der Waals surface area contributed by atoms with E-state index >= 15 is 0 Å². The zero-order chi connectivity index (χ0) is 22.1. The number of halogens is 2. The van der Waals surface area contributed by atoms with Crippen molar-refractivity contribution < 1.29 is 14.3 Å². The van der Waals surface area contributed by atoms with E-state index in [0.29, 0.717) is 21.2 Å². The lowest BCUT2D eigenvalue weighted by Crippen LogP contribution is -2.30. The van der Waals surface area contributed by atoms with Crippen molar-refractivity contribution in [3.05, 3.63) is 51.7 Å². The number of carbonyl (C=O) groups is 1. The van der Waals surface area contributed by atoms with E-state index < -0.39 is 0 Å². The molecule has 1 aromatic rings. The Labute approximate surface area is 186 Å². The molecule has 0 aliphatic carbocycles. The lowest BCUT2D eigenvalue weighted by molar-refractivity contribution is -0.126. The number of benzene rings is 1. The van der Waals surface area contributed by atoms with Gasteiger partial charge in [0.05, 0.1) is 19.8 Å². The van der Waals surface area contributed by atoms with E-state index in [1.54, 1.807) is 32.2 Å². The van der Waals surface area contributed by atoms with Gasteiger partial charge in [-0.05, 0) is 37.5 Å². The van der Waals surface area contributed by atoms with Crippen molar-refractivity contribution in [3.8, 4) is 0 Å². The van der Waals surface area contributed by atoms with Gasteiger partial charge in [-0.25, -0.2) is 0 Å². The molecule has 1 rings (SSSR count). The van der Waals surface area contributed by atoms with Gasteiger partial charge in [-0.1, -0.05) is 70.0 Å². The van der Waals surface area contributed by atoms with E-state index in [0.717, 1.165) is 30.6 Å². The van der Waals surface area contributed by atoms with Crippen LogP contribution in [-0.2, 0) is 14.3 Å². The van der Waals surface area contributed by atoms with Gasteiger partial charge < -0.3 is 9.47 Å². The van der Waals surface area contributed by atoms with E-state index in [-0.39, 0.29) is 30.3 Å². The van der Waals surface area contributed by atoms with Crippen LogP contribution in [0.15, 0.2) is 36.1 Å². The molecule has 0 N–H and O–H groups in total. The van der Waals surface area contributed by atoms with E-state index in [2.05, 4.69) is 13.5 Å². The predicted octanol–water partition coefficient (Wildman–Crippen LogP) is 7.36. The summed E-state index contributed by atoms with van der Waals surface area (Å²) in [4.78, 5) is 12.1. The van der Waals surface area contributed by atoms with Gasteiger partial charge >= 0.3 is 0 Å². The topological polar surface area (TPSA) is 35.5 Å². The van der Waals surface area contributed by atoms with Crippen LogP contribution in [0.25, 0.3) is 5.57 Å². The minimum Gasteiger partial charge on any atom is -0.500 e. The maximum Gasteiger partial charge on any atom is 0.135 e. The second-order valence-corrected chi connectivity index (χ2v) is 8.35. The van der Waals surface area contributed by atoms with E-state index in [9.17, 15) is 4.79 Å². The van der Waals surface area contributed by atoms with Crippen molar-refractivity contribution in [3.63, 3.8) is 0 Å². The molecule has 0 heterocycles. The van der Waals surface area contributed by atoms with Crippen LogP contribution in [0.2, 0.25) is 10.0 Å². The summed E-state index contributed by atoms with van der Waals surface area (Å²) in [5.74, 6) is 0.923. The zero-order valence-corrected chi connectivity index (χ0v) is 20.0. The molecule has 2 atom stereocenters. The lowest BCUT2D eigenvalue weighted by atomic mass is 9.91. The number of ether oxygens (including phenoxy) is 2. The average Bonchev–Trinajstić information content (AvgIpc) is 2.64. The summed E-state index contributed by atoms with van der Waals surface area (Å²) in [5.41, 5.74) is 2.17. The Morgan fingerprint density at radius 1 is 1.17 bits per heavy atom. The Kier molecular flexibility index (Phi) is 11.0. The van der Waals surface area contributed by atoms with Crippen LogP contribution in [-0.4, -0.2) is 25.6 Å². The third-order valence-electron chi connectivity index (χ3n) is 5.10. The zero-order valence-electron chi connectivity index (χ0n) is 18.5. The molecule has 0 saturated heterocycles. The summed E-state index contributed by atoms with van der Waals surface area (Å²) in [6, 6.07) is 5.38. The Morgan fingerprint density at radius 3 is 2.17 bits per heavy atom. The molecular weight excluding hydrogens is 407 g/mol. The van der Waals surface area contributed by atoms with Crippen LogP contribution in [0.4, 0.5) is 0 Å². The Bertz CT molecular complexity index is 717. The molecule has 0 aliphatic rings. The van der Waals surface area contributed by atoms with Crippen molar-refractivity contribution in [2.24, 2.45) is 11.8 Å². The molecule has 162 valence electrons. The smallest absolute Gasteiger partial charge is 0.135 e. The molecule has 0 saturated carbocycles. The van der Waals surface area contributed by atoms with E-state index in [4.69, 9.17) is 32.7 Å². The first kappa shape index (κ1) is 25.7. The highest BCUT2D eigenvalue weighted by molar-refractivity contribution is 6.37. The molecule has 2 unspecified atom stereocenters. The summed E-state index contributed by atoms with van der Waals surface area (Å²) in [7, 11) is 1.64. The number of allylic oxidation sites excluding steroid dienone is 1. The normalized spacial score (nSPS) is 14.4. The minimum absolute atomic E-state index is 0.121. The molecular formula is C24H34Cl2O3.